The van der Waals surface area contributed by atoms with Crippen molar-refractivity contribution in [3.63, 3.8) is 0 Å². The molecule has 0 spiro atoms. The number of thiol groups is 1. The Hall–Kier alpha value is -2.71. The molecule has 0 amide bonds. The number of benzene rings is 2. The van der Waals surface area contributed by atoms with Gasteiger partial charge in [0.05, 0.1) is 0 Å². The van der Waals surface area contributed by atoms with Crippen LogP contribution in [0.1, 0.15) is 95.4 Å². The second-order valence-electron chi connectivity index (χ2n) is 8.37. The van der Waals surface area contributed by atoms with Gasteiger partial charge < -0.3 is 5.11 Å². The van der Waals surface area contributed by atoms with Crippen molar-refractivity contribution in [3.05, 3.63) is 125 Å². The molecule has 0 saturated carbocycles. The van der Waals surface area contributed by atoms with Crippen LogP contribution in [0.5, 0.6) is 5.75 Å². The van der Waals surface area contributed by atoms with Crippen LogP contribution in [0.2, 0.25) is 0 Å². The highest BCUT2D eigenvalue weighted by Crippen LogP contribution is 2.42. The van der Waals surface area contributed by atoms with Gasteiger partial charge in [0.2, 0.25) is 0 Å². The summed E-state index contributed by atoms with van der Waals surface area (Å²) in [5.74, 6) is 0.693. The second kappa shape index (κ2) is 18.5. The standard InChI is InChI=1S/C31H38O.C2H6.CH4S/c1-8-11-13-17-22(4)23(5)28-20-29(24(6)26(10-3)16-9-2)31(32)30(21-28)25(7)27-18-14-12-15-19-27;2*1-2/h8-21,23-25,32H,4H2,1-3,5-7H3;1-2H3;2H,1H3/b11-8-,16-9-,17-13-,26-10+;;. The highest BCUT2D eigenvalue weighted by molar-refractivity contribution is 7.79. The number of hydrogen-bond acceptors (Lipinski definition) is 2. The van der Waals surface area contributed by atoms with Gasteiger partial charge in [-0.05, 0) is 49.3 Å². The van der Waals surface area contributed by atoms with E-state index in [1.54, 1.807) is 6.26 Å². The molecule has 0 bridgehead atoms. The molecule has 1 nitrogen and oxygen atoms in total. The Balaban J connectivity index is 0.00000291. The monoisotopic (exact) mass is 504 g/mol. The molecule has 2 rings (SSSR count). The molecular formula is C34H48OS. The topological polar surface area (TPSA) is 20.2 Å². The fourth-order valence-electron chi connectivity index (χ4n) is 4.05. The first kappa shape index (κ1) is 33.3. The average Bonchev–Trinajstić information content (AvgIpc) is 2.93. The maximum absolute atomic E-state index is 11.4. The molecule has 2 heteroatoms. The van der Waals surface area contributed by atoms with E-state index in [1.807, 2.05) is 52.0 Å². The van der Waals surface area contributed by atoms with Gasteiger partial charge in [-0.2, -0.15) is 12.6 Å². The lowest BCUT2D eigenvalue weighted by atomic mass is 9.81. The summed E-state index contributed by atoms with van der Waals surface area (Å²) < 4.78 is 0. The number of aromatic hydroxyl groups is 1. The maximum Gasteiger partial charge on any atom is 0.123 e. The molecule has 3 unspecified atom stereocenters. The first-order valence-electron chi connectivity index (χ1n) is 13.0. The molecule has 3 atom stereocenters. The summed E-state index contributed by atoms with van der Waals surface area (Å²) in [6, 6.07) is 14.7. The Morgan fingerprint density at radius 2 is 1.39 bits per heavy atom. The van der Waals surface area contributed by atoms with Gasteiger partial charge in [-0.15, -0.1) is 0 Å². The van der Waals surface area contributed by atoms with Crippen LogP contribution in [-0.2, 0) is 0 Å². The molecule has 0 heterocycles. The Labute approximate surface area is 227 Å². The van der Waals surface area contributed by atoms with Gasteiger partial charge in [-0.1, -0.05) is 126 Å². The Kier molecular flexibility index (Phi) is 17.1. The van der Waals surface area contributed by atoms with Crippen LogP contribution in [0.4, 0.5) is 0 Å². The molecule has 0 radical (unpaired) electrons. The molecular weight excluding hydrogens is 456 g/mol. The minimum Gasteiger partial charge on any atom is -0.507 e. The molecule has 36 heavy (non-hydrogen) atoms. The average molecular weight is 505 g/mol. The van der Waals surface area contributed by atoms with Crippen molar-refractivity contribution in [2.75, 3.05) is 6.26 Å². The molecule has 2 aromatic carbocycles. The van der Waals surface area contributed by atoms with E-state index in [-0.39, 0.29) is 17.8 Å². The number of phenolic OH excluding ortho intramolecular Hbond substituents is 1. The van der Waals surface area contributed by atoms with E-state index in [0.29, 0.717) is 5.75 Å². The summed E-state index contributed by atoms with van der Waals surface area (Å²) in [6.45, 7) is 20.9. The Bertz CT molecular complexity index is 1020. The van der Waals surface area contributed by atoms with Gasteiger partial charge in [-0.3, -0.25) is 0 Å². The first-order chi connectivity index (χ1) is 17.3. The van der Waals surface area contributed by atoms with Crippen LogP contribution >= 0.6 is 12.6 Å². The molecule has 0 aliphatic heterocycles. The summed E-state index contributed by atoms with van der Waals surface area (Å²) in [7, 11) is 0. The molecule has 0 fully saturated rings. The fraction of sp³-hybridized carbons (Fsp3) is 0.353. The van der Waals surface area contributed by atoms with E-state index in [1.165, 1.54) is 16.7 Å². The molecule has 1 N–H and O–H groups in total. The third kappa shape index (κ3) is 9.39. The smallest absolute Gasteiger partial charge is 0.123 e. The maximum atomic E-state index is 11.4. The first-order valence-corrected chi connectivity index (χ1v) is 13.9. The van der Waals surface area contributed by atoms with E-state index in [9.17, 15) is 5.11 Å². The second-order valence-corrected chi connectivity index (χ2v) is 8.37. The van der Waals surface area contributed by atoms with Gasteiger partial charge in [0.25, 0.3) is 0 Å². The fourth-order valence-corrected chi connectivity index (χ4v) is 4.05. The summed E-state index contributed by atoms with van der Waals surface area (Å²) in [5.41, 5.74) is 6.53. The van der Waals surface area contributed by atoms with Gasteiger partial charge >= 0.3 is 0 Å². The van der Waals surface area contributed by atoms with Crippen LogP contribution in [0, 0.1) is 0 Å². The van der Waals surface area contributed by atoms with E-state index < -0.39 is 0 Å². The number of allylic oxidation sites excluding steroid dienone is 9. The summed E-state index contributed by atoms with van der Waals surface area (Å²) in [6.07, 6.45) is 16.1. The molecule has 0 aliphatic carbocycles. The molecule has 196 valence electrons. The van der Waals surface area contributed by atoms with E-state index in [4.69, 9.17) is 0 Å². The van der Waals surface area contributed by atoms with Crippen molar-refractivity contribution in [2.45, 2.75) is 73.1 Å². The number of phenols is 1. The van der Waals surface area contributed by atoms with Crippen molar-refractivity contribution >= 4 is 12.6 Å². The van der Waals surface area contributed by atoms with Crippen LogP contribution in [0.15, 0.2) is 103 Å². The van der Waals surface area contributed by atoms with Crippen molar-refractivity contribution in [1.82, 2.24) is 0 Å². The van der Waals surface area contributed by atoms with Crippen LogP contribution < -0.4 is 0 Å². The minimum atomic E-state index is 0.0805. The van der Waals surface area contributed by atoms with Crippen molar-refractivity contribution < 1.29 is 5.11 Å². The normalized spacial score (nSPS) is 14.1. The third-order valence-corrected chi connectivity index (χ3v) is 6.29. The summed E-state index contributed by atoms with van der Waals surface area (Å²) in [4.78, 5) is 0. The zero-order chi connectivity index (χ0) is 27.7. The molecule has 2 aromatic rings. The lowest BCUT2D eigenvalue weighted by Gasteiger charge is -2.24. The molecule has 0 aliphatic rings. The predicted molar refractivity (Wildman–Crippen MR) is 167 cm³/mol. The number of hydrogen-bond donors (Lipinski definition) is 2. The van der Waals surface area contributed by atoms with Gasteiger partial charge in [0.1, 0.15) is 5.75 Å². The van der Waals surface area contributed by atoms with E-state index >= 15 is 0 Å². The zero-order valence-corrected chi connectivity index (χ0v) is 24.8. The van der Waals surface area contributed by atoms with Crippen molar-refractivity contribution in [3.8, 4) is 5.75 Å². The Morgan fingerprint density at radius 3 is 1.92 bits per heavy atom. The lowest BCUT2D eigenvalue weighted by molar-refractivity contribution is 0.456. The van der Waals surface area contributed by atoms with Crippen molar-refractivity contribution in [1.29, 1.82) is 0 Å². The van der Waals surface area contributed by atoms with Gasteiger partial charge in [0.15, 0.2) is 0 Å². The minimum absolute atomic E-state index is 0.0805. The van der Waals surface area contributed by atoms with Gasteiger partial charge in [-0.25, -0.2) is 0 Å². The zero-order valence-electron chi connectivity index (χ0n) is 23.9. The highest BCUT2D eigenvalue weighted by Gasteiger charge is 2.23. The van der Waals surface area contributed by atoms with Crippen molar-refractivity contribution in [2.24, 2.45) is 0 Å². The SMILES string of the molecule is C=C(/C=C\C=C/C)C(C)c1cc(C(C)C(/C=C\C)=C/C)c(O)c(C(C)c2ccccc2)c1.CC.CS. The van der Waals surface area contributed by atoms with E-state index in [2.05, 4.69) is 108 Å². The van der Waals surface area contributed by atoms with Crippen LogP contribution in [0.25, 0.3) is 0 Å². The lowest BCUT2D eigenvalue weighted by Crippen LogP contribution is -2.06. The summed E-state index contributed by atoms with van der Waals surface area (Å²) >= 11 is 3.53. The molecule has 0 aromatic heterocycles. The van der Waals surface area contributed by atoms with Crippen LogP contribution in [-0.4, -0.2) is 11.4 Å². The van der Waals surface area contributed by atoms with Gasteiger partial charge in [0, 0.05) is 28.9 Å². The summed E-state index contributed by atoms with van der Waals surface area (Å²) in [5, 5.41) is 11.4. The van der Waals surface area contributed by atoms with Crippen LogP contribution in [0.3, 0.4) is 0 Å². The third-order valence-electron chi connectivity index (χ3n) is 6.29. The largest absolute Gasteiger partial charge is 0.507 e. The molecule has 0 saturated heterocycles. The highest BCUT2D eigenvalue weighted by atomic mass is 32.1. The Morgan fingerprint density at radius 1 is 0.806 bits per heavy atom. The predicted octanol–water partition coefficient (Wildman–Crippen LogP) is 10.5. The quantitative estimate of drug-likeness (QED) is 0.257. The number of rotatable bonds is 9. The van der Waals surface area contributed by atoms with E-state index in [0.717, 1.165) is 16.7 Å².